The van der Waals surface area contributed by atoms with Crippen molar-refractivity contribution in [3.05, 3.63) is 0 Å². The summed E-state index contributed by atoms with van der Waals surface area (Å²) >= 11 is 0. The van der Waals surface area contributed by atoms with Crippen molar-refractivity contribution in [1.29, 1.82) is 0 Å². The first kappa shape index (κ1) is 15.7. The highest BCUT2D eigenvalue weighted by molar-refractivity contribution is 6.11. The maximum absolute atomic E-state index is 12.8. The molecule has 20 heavy (non-hydrogen) atoms. The van der Waals surface area contributed by atoms with Crippen molar-refractivity contribution in [2.75, 3.05) is 0 Å². The summed E-state index contributed by atoms with van der Waals surface area (Å²) in [5, 5.41) is 0. The lowest BCUT2D eigenvalue weighted by atomic mass is 9.77. The number of carbonyl (C=O) groups is 1. The molecule has 112 valence electrons. The van der Waals surface area contributed by atoms with Crippen LogP contribution in [0.4, 0.5) is 4.79 Å². The lowest BCUT2D eigenvalue weighted by molar-refractivity contribution is 0.164. The maximum Gasteiger partial charge on any atom is 0.321 e. The minimum absolute atomic E-state index is 0.220. The van der Waals surface area contributed by atoms with Crippen LogP contribution in [-0.4, -0.2) is 47.8 Å². The highest BCUT2D eigenvalue weighted by Gasteiger charge is 2.47. The third-order valence-corrected chi connectivity index (χ3v) is 4.83. The molecule has 3 atom stereocenters. The largest absolute Gasteiger partial charge is 0.321 e. The average Bonchev–Trinajstić information content (AvgIpc) is 2.64. The molecule has 2 fully saturated rings. The summed E-state index contributed by atoms with van der Waals surface area (Å²) in [4.78, 5) is 17.0. The number of fused-ring (bicyclic) bond motifs is 1. The Morgan fingerprint density at radius 2 is 1.50 bits per heavy atom. The number of nitrogens with zero attached hydrogens (tertiary/aromatic N) is 2. The summed E-state index contributed by atoms with van der Waals surface area (Å²) in [7, 11) is 6.30. The number of hydrogen-bond acceptors (Lipinski definition) is 1. The fraction of sp³-hybridized carbons (Fsp3) is 0.938. The Morgan fingerprint density at radius 3 is 2.10 bits per heavy atom. The molecule has 0 aromatic rings. The smallest absolute Gasteiger partial charge is 0.317 e. The second-order valence-electron chi connectivity index (χ2n) is 7.05. The van der Waals surface area contributed by atoms with E-state index in [1.54, 1.807) is 0 Å². The van der Waals surface area contributed by atoms with Crippen LogP contribution >= 0.6 is 0 Å². The molecule has 1 aliphatic carbocycles. The third kappa shape index (κ3) is 2.99. The van der Waals surface area contributed by atoms with Gasteiger partial charge in [-0.2, -0.15) is 0 Å². The Labute approximate surface area is 125 Å². The molecule has 0 bridgehead atoms. The highest BCUT2D eigenvalue weighted by atomic mass is 16.2. The summed E-state index contributed by atoms with van der Waals surface area (Å²) in [6.07, 6.45) is 6.89. The first-order valence-electron chi connectivity index (χ1n) is 8.29. The van der Waals surface area contributed by atoms with Gasteiger partial charge in [-0.3, -0.25) is 0 Å². The van der Waals surface area contributed by atoms with Crippen LogP contribution in [0.1, 0.15) is 66.2 Å². The first-order valence-corrected chi connectivity index (χ1v) is 8.29. The predicted octanol–water partition coefficient (Wildman–Crippen LogP) is 3.59. The molecule has 1 saturated heterocycles. The molecule has 4 heteroatoms. The van der Waals surface area contributed by atoms with E-state index in [9.17, 15) is 4.79 Å². The minimum atomic E-state index is 0.220. The second kappa shape index (κ2) is 6.40. The third-order valence-electron chi connectivity index (χ3n) is 4.83. The monoisotopic (exact) mass is 276 g/mol. The van der Waals surface area contributed by atoms with Gasteiger partial charge in [0.15, 0.2) is 0 Å². The SMILES string of the molecule is [B]C1CCCCCC2C(C1)N(C(C)C)C(=O)N2C(C)C. The Hall–Kier alpha value is -0.665. The van der Waals surface area contributed by atoms with Crippen LogP contribution in [-0.2, 0) is 0 Å². The topological polar surface area (TPSA) is 23.6 Å². The fourth-order valence-corrected chi connectivity index (χ4v) is 3.96. The van der Waals surface area contributed by atoms with Gasteiger partial charge >= 0.3 is 6.03 Å². The molecule has 3 unspecified atom stereocenters. The predicted molar refractivity (Wildman–Crippen MR) is 84.1 cm³/mol. The minimum Gasteiger partial charge on any atom is -0.317 e. The quantitative estimate of drug-likeness (QED) is 0.707. The Balaban J connectivity index is 2.29. The van der Waals surface area contributed by atoms with Crippen molar-refractivity contribution in [3.63, 3.8) is 0 Å². The van der Waals surface area contributed by atoms with Crippen LogP contribution in [0.15, 0.2) is 0 Å². The van der Waals surface area contributed by atoms with Gasteiger partial charge in [0.1, 0.15) is 0 Å². The summed E-state index contributed by atoms with van der Waals surface area (Å²) in [6, 6.07) is 1.41. The zero-order valence-electron chi connectivity index (χ0n) is 13.5. The van der Waals surface area contributed by atoms with Crippen LogP contribution in [0.25, 0.3) is 0 Å². The van der Waals surface area contributed by atoms with Gasteiger partial charge in [0.2, 0.25) is 0 Å². The van der Waals surface area contributed by atoms with E-state index in [1.165, 1.54) is 19.3 Å². The van der Waals surface area contributed by atoms with Crippen molar-refractivity contribution in [2.24, 2.45) is 0 Å². The van der Waals surface area contributed by atoms with Gasteiger partial charge in [0, 0.05) is 12.1 Å². The number of hydrogen-bond donors (Lipinski definition) is 0. The Bertz CT molecular complexity index is 345. The Morgan fingerprint density at radius 1 is 0.950 bits per heavy atom. The molecular formula is C16H29BN2O. The zero-order chi connectivity index (χ0) is 14.9. The molecule has 0 spiro atoms. The Kier molecular flexibility index (Phi) is 5.03. The second-order valence-corrected chi connectivity index (χ2v) is 7.05. The van der Waals surface area contributed by atoms with Gasteiger partial charge in [-0.25, -0.2) is 4.79 Å². The van der Waals surface area contributed by atoms with E-state index in [4.69, 9.17) is 7.85 Å². The maximum atomic E-state index is 12.8. The average molecular weight is 276 g/mol. The fourth-order valence-electron chi connectivity index (χ4n) is 3.96. The van der Waals surface area contributed by atoms with E-state index in [2.05, 4.69) is 37.5 Å². The van der Waals surface area contributed by atoms with E-state index in [0.717, 1.165) is 19.3 Å². The van der Waals surface area contributed by atoms with E-state index in [-0.39, 0.29) is 23.9 Å². The van der Waals surface area contributed by atoms with Crippen LogP contribution in [0, 0.1) is 0 Å². The van der Waals surface area contributed by atoms with Crippen molar-refractivity contribution < 1.29 is 4.79 Å². The van der Waals surface area contributed by atoms with Crippen molar-refractivity contribution in [3.8, 4) is 0 Å². The number of rotatable bonds is 2. The van der Waals surface area contributed by atoms with E-state index >= 15 is 0 Å². The molecule has 3 nitrogen and oxygen atoms in total. The number of carbonyl (C=O) groups excluding carboxylic acids is 1. The number of amides is 2. The van der Waals surface area contributed by atoms with Gasteiger partial charge in [-0.05, 0) is 40.5 Å². The lowest BCUT2D eigenvalue weighted by Crippen LogP contribution is -2.41. The van der Waals surface area contributed by atoms with Gasteiger partial charge in [-0.1, -0.05) is 31.5 Å². The van der Waals surface area contributed by atoms with Crippen LogP contribution in [0.5, 0.6) is 0 Å². The highest BCUT2D eigenvalue weighted by Crippen LogP contribution is 2.37. The molecule has 1 aliphatic heterocycles. The molecule has 1 saturated carbocycles. The normalized spacial score (nSPS) is 32.3. The zero-order valence-corrected chi connectivity index (χ0v) is 13.5. The molecule has 2 rings (SSSR count). The van der Waals surface area contributed by atoms with Gasteiger partial charge in [-0.15, -0.1) is 0 Å². The first-order chi connectivity index (χ1) is 9.43. The molecule has 2 amide bonds. The number of urea groups is 1. The van der Waals surface area contributed by atoms with Crippen molar-refractivity contribution in [2.45, 2.75) is 96.2 Å². The van der Waals surface area contributed by atoms with E-state index in [1.807, 2.05) is 0 Å². The standard InChI is InChI=1S/C16H29BN2O/c1-11(2)18-14-9-7-5-6-8-13(17)10-15(14)19(12(3)4)16(18)20/h11-15H,5-10H2,1-4H3. The molecule has 1 heterocycles. The molecule has 0 N–H and O–H groups in total. The summed E-state index contributed by atoms with van der Waals surface area (Å²) in [5.41, 5.74) is 0. The molecule has 2 aliphatic rings. The summed E-state index contributed by atoms with van der Waals surface area (Å²) in [6.45, 7) is 8.50. The van der Waals surface area contributed by atoms with E-state index in [0.29, 0.717) is 12.1 Å². The van der Waals surface area contributed by atoms with Crippen LogP contribution in [0.2, 0.25) is 5.82 Å². The molecule has 2 radical (unpaired) electrons. The van der Waals surface area contributed by atoms with Crippen molar-refractivity contribution in [1.82, 2.24) is 9.80 Å². The van der Waals surface area contributed by atoms with E-state index < -0.39 is 0 Å². The summed E-state index contributed by atoms with van der Waals surface area (Å²) in [5.74, 6) is 0.238. The van der Waals surface area contributed by atoms with Gasteiger partial charge in [0.05, 0.1) is 19.9 Å². The molecule has 0 aromatic heterocycles. The summed E-state index contributed by atoms with van der Waals surface area (Å²) < 4.78 is 0. The van der Waals surface area contributed by atoms with Crippen LogP contribution in [0.3, 0.4) is 0 Å². The molecule has 0 aromatic carbocycles. The lowest BCUT2D eigenvalue weighted by Gasteiger charge is -2.32. The van der Waals surface area contributed by atoms with Crippen LogP contribution < -0.4 is 0 Å². The van der Waals surface area contributed by atoms with Crippen molar-refractivity contribution >= 4 is 13.9 Å². The molecular weight excluding hydrogens is 247 g/mol. The van der Waals surface area contributed by atoms with Gasteiger partial charge in [0.25, 0.3) is 0 Å². The van der Waals surface area contributed by atoms with Gasteiger partial charge < -0.3 is 9.80 Å².